The Bertz CT molecular complexity index is 900. The highest BCUT2D eigenvalue weighted by molar-refractivity contribution is 7.16. The van der Waals surface area contributed by atoms with Crippen molar-refractivity contribution in [3.05, 3.63) is 45.3 Å². The highest BCUT2D eigenvalue weighted by atomic mass is 32.1. The van der Waals surface area contributed by atoms with E-state index in [1.54, 1.807) is 17.4 Å². The van der Waals surface area contributed by atoms with Crippen LogP contribution in [-0.2, 0) is 12.8 Å². The molecular weight excluding hydrogens is 356 g/mol. The molecule has 0 radical (unpaired) electrons. The Hall–Kier alpha value is -2.01. The number of rotatable bonds is 3. The number of carbonyl (C=O) groups excluding carboxylic acids is 1. The number of aryl methyl sites for hydroxylation is 1. The molecule has 4 nitrogen and oxygen atoms in total. The zero-order valence-corrected chi connectivity index (χ0v) is 17.3. The number of benzene rings is 1. The molecule has 0 bridgehead atoms. The monoisotopic (exact) mass is 384 g/mol. The van der Waals surface area contributed by atoms with Gasteiger partial charge in [-0.2, -0.15) is 0 Å². The van der Waals surface area contributed by atoms with Gasteiger partial charge >= 0.3 is 0 Å². The fourth-order valence-electron chi connectivity index (χ4n) is 4.31. The van der Waals surface area contributed by atoms with Gasteiger partial charge in [0.05, 0.1) is 5.56 Å². The van der Waals surface area contributed by atoms with E-state index < -0.39 is 6.17 Å². The summed E-state index contributed by atoms with van der Waals surface area (Å²) in [6, 6.07) is 5.56. The zero-order chi connectivity index (χ0) is 19.3. The van der Waals surface area contributed by atoms with E-state index in [4.69, 9.17) is 0 Å². The maximum atomic E-state index is 12.9. The molecule has 5 heteroatoms. The second-order valence-corrected chi connectivity index (χ2v) is 9.71. The molecule has 2 heterocycles. The van der Waals surface area contributed by atoms with Gasteiger partial charge in [0, 0.05) is 10.4 Å². The average Bonchev–Trinajstić information content (AvgIpc) is 2.99. The van der Waals surface area contributed by atoms with Crippen LogP contribution < -0.4 is 10.6 Å². The van der Waals surface area contributed by atoms with E-state index in [1.165, 1.54) is 16.9 Å². The minimum absolute atomic E-state index is 0.0283. The lowest BCUT2D eigenvalue weighted by molar-refractivity contribution is 0.0934. The topological polar surface area (TPSA) is 61.4 Å². The van der Waals surface area contributed by atoms with E-state index in [1.807, 2.05) is 19.1 Å². The maximum absolute atomic E-state index is 12.9. The Morgan fingerprint density at radius 3 is 2.78 bits per heavy atom. The van der Waals surface area contributed by atoms with Crippen LogP contribution in [0.1, 0.15) is 71.7 Å². The molecule has 1 aromatic carbocycles. The number of carbonyl (C=O) groups is 1. The van der Waals surface area contributed by atoms with Crippen molar-refractivity contribution in [2.24, 2.45) is 11.3 Å². The summed E-state index contributed by atoms with van der Waals surface area (Å²) in [5, 5.41) is 17.7. The van der Waals surface area contributed by atoms with Gasteiger partial charge in [0.25, 0.3) is 5.91 Å². The summed E-state index contributed by atoms with van der Waals surface area (Å²) in [5.41, 5.74) is 4.08. The van der Waals surface area contributed by atoms with Gasteiger partial charge in [0.1, 0.15) is 16.9 Å². The number of nitrogens with one attached hydrogen (secondary N) is 2. The first-order valence-electron chi connectivity index (χ1n) is 9.81. The number of fused-ring (bicyclic) bond motifs is 3. The largest absolute Gasteiger partial charge is 0.508 e. The minimum atomic E-state index is -0.395. The summed E-state index contributed by atoms with van der Waals surface area (Å²) in [6.07, 6.45) is 3.96. The standard InChI is InChI=1S/C22H28N2O2S/c1-5-22(3,4)13-7-9-15-17(11-13)27-21-18(15)20(26)23-19(24-21)14-8-6-12(2)10-16(14)25/h6,8,10,13,19,24-25H,5,7,9,11H2,1-4H3,(H,23,26)/t13-,19+/m0/s1. The number of amides is 1. The maximum Gasteiger partial charge on any atom is 0.256 e. The SMILES string of the molecule is CCC(C)(C)[C@H]1CCc2c(sc3c2C(=O)N[C@@H](c2ccc(C)cc2O)N3)C1. The Morgan fingerprint density at radius 2 is 2.07 bits per heavy atom. The van der Waals surface area contributed by atoms with Crippen LogP contribution in [0.3, 0.4) is 0 Å². The molecule has 2 aromatic rings. The van der Waals surface area contributed by atoms with Gasteiger partial charge in [-0.3, -0.25) is 4.79 Å². The van der Waals surface area contributed by atoms with Crippen LogP contribution in [0.15, 0.2) is 18.2 Å². The van der Waals surface area contributed by atoms with Gasteiger partial charge in [0.15, 0.2) is 0 Å². The molecule has 0 saturated heterocycles. The minimum Gasteiger partial charge on any atom is -0.508 e. The lowest BCUT2D eigenvalue weighted by atomic mass is 9.69. The lowest BCUT2D eigenvalue weighted by Crippen LogP contribution is -2.38. The first kappa shape index (κ1) is 18.4. The summed E-state index contributed by atoms with van der Waals surface area (Å²) in [5.74, 6) is 0.844. The molecule has 3 N–H and O–H groups in total. The van der Waals surface area contributed by atoms with Crippen molar-refractivity contribution in [3.63, 3.8) is 0 Å². The van der Waals surface area contributed by atoms with E-state index in [0.29, 0.717) is 16.9 Å². The molecule has 1 amide bonds. The number of aromatic hydroxyl groups is 1. The third-order valence-corrected chi connectivity index (χ3v) is 7.74. The van der Waals surface area contributed by atoms with E-state index in [2.05, 4.69) is 31.4 Å². The van der Waals surface area contributed by atoms with E-state index in [-0.39, 0.29) is 11.7 Å². The van der Waals surface area contributed by atoms with Crippen LogP contribution in [0.5, 0.6) is 5.75 Å². The summed E-state index contributed by atoms with van der Waals surface area (Å²) in [7, 11) is 0. The number of phenols is 1. The second kappa shape index (κ2) is 6.55. The fourth-order valence-corrected chi connectivity index (χ4v) is 5.66. The van der Waals surface area contributed by atoms with Crippen molar-refractivity contribution in [1.82, 2.24) is 5.32 Å². The van der Waals surface area contributed by atoms with Gasteiger partial charge in [-0.05, 0) is 54.7 Å². The molecule has 0 fully saturated rings. The molecule has 1 aliphatic heterocycles. The summed E-state index contributed by atoms with van der Waals surface area (Å²) < 4.78 is 0. The molecule has 0 spiro atoms. The number of hydrogen-bond acceptors (Lipinski definition) is 4. The van der Waals surface area contributed by atoms with Crippen LogP contribution in [0.2, 0.25) is 0 Å². The van der Waals surface area contributed by atoms with Gasteiger partial charge in [-0.1, -0.05) is 39.3 Å². The normalized spacial score (nSPS) is 21.9. The van der Waals surface area contributed by atoms with E-state index in [0.717, 1.165) is 35.4 Å². The van der Waals surface area contributed by atoms with Gasteiger partial charge in [-0.25, -0.2) is 0 Å². The predicted octanol–water partition coefficient (Wildman–Crippen LogP) is 5.16. The van der Waals surface area contributed by atoms with E-state index in [9.17, 15) is 9.90 Å². The molecule has 4 rings (SSSR count). The number of hydrogen-bond donors (Lipinski definition) is 3. The van der Waals surface area contributed by atoms with Crippen molar-refractivity contribution in [2.45, 2.75) is 59.5 Å². The number of thiophene rings is 1. The summed E-state index contributed by atoms with van der Waals surface area (Å²) in [6.45, 7) is 8.92. The molecular formula is C22H28N2O2S. The quantitative estimate of drug-likeness (QED) is 0.685. The van der Waals surface area contributed by atoms with Crippen LogP contribution in [-0.4, -0.2) is 11.0 Å². The Balaban J connectivity index is 1.65. The van der Waals surface area contributed by atoms with Crippen LogP contribution in [0.25, 0.3) is 0 Å². The third kappa shape index (κ3) is 3.12. The fraction of sp³-hybridized carbons (Fsp3) is 0.500. The van der Waals surface area contributed by atoms with Crippen LogP contribution >= 0.6 is 11.3 Å². The summed E-state index contributed by atoms with van der Waals surface area (Å²) in [4.78, 5) is 14.2. The predicted molar refractivity (Wildman–Crippen MR) is 111 cm³/mol. The Morgan fingerprint density at radius 1 is 1.30 bits per heavy atom. The molecule has 0 unspecified atom stereocenters. The van der Waals surface area contributed by atoms with Gasteiger partial charge < -0.3 is 15.7 Å². The highest BCUT2D eigenvalue weighted by Gasteiger charge is 2.37. The first-order valence-corrected chi connectivity index (χ1v) is 10.6. The molecule has 144 valence electrons. The van der Waals surface area contributed by atoms with Crippen molar-refractivity contribution in [2.75, 3.05) is 5.32 Å². The summed E-state index contributed by atoms with van der Waals surface area (Å²) >= 11 is 1.73. The Kier molecular flexibility index (Phi) is 4.46. The van der Waals surface area contributed by atoms with Crippen molar-refractivity contribution >= 4 is 22.2 Å². The van der Waals surface area contributed by atoms with Gasteiger partial charge in [-0.15, -0.1) is 11.3 Å². The average molecular weight is 385 g/mol. The molecule has 1 aromatic heterocycles. The van der Waals surface area contributed by atoms with Gasteiger partial charge in [0.2, 0.25) is 0 Å². The molecule has 2 atom stereocenters. The third-order valence-electron chi connectivity index (χ3n) is 6.56. The van der Waals surface area contributed by atoms with E-state index >= 15 is 0 Å². The molecule has 2 aliphatic rings. The molecule has 27 heavy (non-hydrogen) atoms. The van der Waals surface area contributed by atoms with Crippen molar-refractivity contribution in [1.29, 1.82) is 0 Å². The van der Waals surface area contributed by atoms with Crippen molar-refractivity contribution < 1.29 is 9.90 Å². The Labute approximate surface area is 165 Å². The van der Waals surface area contributed by atoms with Crippen LogP contribution in [0, 0.1) is 18.3 Å². The number of phenolic OH excluding ortho intramolecular Hbond substituents is 1. The molecule has 1 aliphatic carbocycles. The number of anilines is 1. The van der Waals surface area contributed by atoms with Crippen molar-refractivity contribution in [3.8, 4) is 5.75 Å². The smallest absolute Gasteiger partial charge is 0.256 e. The lowest BCUT2D eigenvalue weighted by Gasteiger charge is -2.36. The van der Waals surface area contributed by atoms with Crippen LogP contribution in [0.4, 0.5) is 5.00 Å². The second-order valence-electron chi connectivity index (χ2n) is 8.60. The zero-order valence-electron chi connectivity index (χ0n) is 16.5. The first-order chi connectivity index (χ1) is 12.8. The molecule has 0 saturated carbocycles. The highest BCUT2D eigenvalue weighted by Crippen LogP contribution is 2.47.